The van der Waals surface area contributed by atoms with Crippen molar-refractivity contribution in [2.24, 2.45) is 17.8 Å². The second-order valence-electron chi connectivity index (χ2n) is 6.78. The summed E-state index contributed by atoms with van der Waals surface area (Å²) in [5.41, 5.74) is -0.611. The van der Waals surface area contributed by atoms with Crippen molar-refractivity contribution in [3.8, 4) is 0 Å². The number of rotatable bonds is 4. The highest BCUT2D eigenvalue weighted by Gasteiger charge is 2.43. The number of carbonyl (C=O) groups excluding carboxylic acids is 1. The van der Waals surface area contributed by atoms with Gasteiger partial charge in [0.25, 0.3) is 0 Å². The minimum absolute atomic E-state index is 0.00227. The molecule has 2 aliphatic rings. The van der Waals surface area contributed by atoms with Crippen LogP contribution in [-0.2, 0) is 14.3 Å². The predicted octanol–water partition coefficient (Wildman–Crippen LogP) is 2.20. The molecule has 5 nitrogen and oxygen atoms in total. The van der Waals surface area contributed by atoms with Gasteiger partial charge in [0.05, 0.1) is 11.5 Å². The van der Waals surface area contributed by atoms with Crippen LogP contribution in [0.1, 0.15) is 52.4 Å². The summed E-state index contributed by atoms with van der Waals surface area (Å²) in [4.78, 5) is 24.0. The van der Waals surface area contributed by atoms with Crippen molar-refractivity contribution in [2.75, 3.05) is 13.2 Å². The van der Waals surface area contributed by atoms with Gasteiger partial charge in [0.1, 0.15) is 0 Å². The zero-order valence-electron chi connectivity index (χ0n) is 13.1. The number of ether oxygens (including phenoxy) is 1. The minimum atomic E-state index is -0.795. The Balaban J connectivity index is 2.00. The minimum Gasteiger partial charge on any atom is -0.481 e. The molecule has 1 aliphatic carbocycles. The lowest BCUT2D eigenvalue weighted by molar-refractivity contribution is -0.147. The molecule has 3 unspecified atom stereocenters. The molecule has 21 heavy (non-hydrogen) atoms. The van der Waals surface area contributed by atoms with Gasteiger partial charge in [0, 0.05) is 19.1 Å². The van der Waals surface area contributed by atoms with Gasteiger partial charge < -0.3 is 15.2 Å². The number of amides is 1. The third-order valence-electron chi connectivity index (χ3n) is 5.30. The Hall–Kier alpha value is -1.10. The zero-order chi connectivity index (χ0) is 15.5. The van der Waals surface area contributed by atoms with E-state index in [9.17, 15) is 14.7 Å². The molecule has 3 atom stereocenters. The number of aliphatic carboxylic acids is 1. The van der Waals surface area contributed by atoms with Gasteiger partial charge in [-0.1, -0.05) is 19.8 Å². The number of nitrogens with one attached hydrogen (secondary N) is 1. The molecule has 0 radical (unpaired) electrons. The molecular weight excluding hydrogens is 270 g/mol. The summed E-state index contributed by atoms with van der Waals surface area (Å²) in [5.74, 6) is -1.01. The maximum atomic E-state index is 12.5. The van der Waals surface area contributed by atoms with Crippen LogP contribution in [0, 0.1) is 17.8 Å². The molecule has 1 amide bonds. The molecule has 2 fully saturated rings. The van der Waals surface area contributed by atoms with Crippen LogP contribution < -0.4 is 5.32 Å². The lowest BCUT2D eigenvalue weighted by atomic mass is 9.73. The second kappa shape index (κ2) is 6.77. The quantitative estimate of drug-likeness (QED) is 0.834. The van der Waals surface area contributed by atoms with Crippen LogP contribution in [0.3, 0.4) is 0 Å². The van der Waals surface area contributed by atoms with E-state index >= 15 is 0 Å². The van der Waals surface area contributed by atoms with E-state index in [-0.39, 0.29) is 11.8 Å². The Morgan fingerprint density at radius 1 is 1.24 bits per heavy atom. The van der Waals surface area contributed by atoms with Crippen molar-refractivity contribution in [1.82, 2.24) is 5.32 Å². The van der Waals surface area contributed by atoms with Crippen molar-refractivity contribution in [3.63, 3.8) is 0 Å². The topological polar surface area (TPSA) is 75.6 Å². The van der Waals surface area contributed by atoms with Crippen molar-refractivity contribution in [1.29, 1.82) is 0 Å². The number of carboxylic acids is 1. The molecule has 1 aliphatic heterocycles. The van der Waals surface area contributed by atoms with E-state index < -0.39 is 17.4 Å². The first kappa shape index (κ1) is 16.3. The standard InChI is InChI=1S/C16H27NO4/c1-11(12-6-9-21-10-7-12)14(18)17-16(2)8-4-3-5-13(16)15(19)20/h11-13H,3-10H2,1-2H3,(H,17,18)(H,19,20). The maximum Gasteiger partial charge on any atom is 0.308 e. The second-order valence-corrected chi connectivity index (χ2v) is 6.78. The van der Waals surface area contributed by atoms with Gasteiger partial charge in [0.15, 0.2) is 0 Å². The number of carbonyl (C=O) groups is 2. The molecule has 0 aromatic heterocycles. The third-order valence-corrected chi connectivity index (χ3v) is 5.30. The predicted molar refractivity (Wildman–Crippen MR) is 78.8 cm³/mol. The van der Waals surface area contributed by atoms with E-state index in [0.29, 0.717) is 12.3 Å². The van der Waals surface area contributed by atoms with E-state index in [2.05, 4.69) is 5.32 Å². The molecule has 2 rings (SSSR count). The first-order chi connectivity index (χ1) is 9.94. The molecule has 0 aromatic carbocycles. The maximum absolute atomic E-state index is 12.5. The fourth-order valence-electron chi connectivity index (χ4n) is 3.70. The van der Waals surface area contributed by atoms with Crippen LogP contribution in [0.5, 0.6) is 0 Å². The summed E-state index contributed by atoms with van der Waals surface area (Å²) < 4.78 is 5.34. The summed E-state index contributed by atoms with van der Waals surface area (Å²) in [7, 11) is 0. The molecule has 0 bridgehead atoms. The SMILES string of the molecule is CC(C(=O)NC1(C)CCCCC1C(=O)O)C1CCOCC1. The molecule has 1 heterocycles. The highest BCUT2D eigenvalue weighted by atomic mass is 16.5. The average molecular weight is 297 g/mol. The fourth-order valence-corrected chi connectivity index (χ4v) is 3.70. The van der Waals surface area contributed by atoms with Crippen molar-refractivity contribution in [2.45, 2.75) is 57.9 Å². The van der Waals surface area contributed by atoms with Crippen molar-refractivity contribution < 1.29 is 19.4 Å². The molecule has 5 heteroatoms. The van der Waals surface area contributed by atoms with E-state index in [4.69, 9.17) is 4.74 Å². The molecule has 2 N–H and O–H groups in total. The summed E-state index contributed by atoms with van der Waals surface area (Å²) in [6.45, 7) is 5.28. The van der Waals surface area contributed by atoms with Gasteiger partial charge in [-0.3, -0.25) is 9.59 Å². The summed E-state index contributed by atoms with van der Waals surface area (Å²) >= 11 is 0. The Labute approximate surface area is 126 Å². The van der Waals surface area contributed by atoms with Crippen LogP contribution in [0.4, 0.5) is 0 Å². The zero-order valence-corrected chi connectivity index (χ0v) is 13.1. The molecule has 0 spiro atoms. The smallest absolute Gasteiger partial charge is 0.308 e. The summed E-state index contributed by atoms with van der Waals surface area (Å²) in [6, 6.07) is 0. The first-order valence-corrected chi connectivity index (χ1v) is 8.06. The van der Waals surface area contributed by atoms with E-state index in [1.807, 2.05) is 13.8 Å². The van der Waals surface area contributed by atoms with Gasteiger partial charge in [-0.25, -0.2) is 0 Å². The molecule has 120 valence electrons. The van der Waals surface area contributed by atoms with Gasteiger partial charge in [-0.05, 0) is 38.5 Å². The van der Waals surface area contributed by atoms with Crippen LogP contribution in [-0.4, -0.2) is 35.7 Å². The van der Waals surface area contributed by atoms with Crippen molar-refractivity contribution >= 4 is 11.9 Å². The van der Waals surface area contributed by atoms with Crippen molar-refractivity contribution in [3.05, 3.63) is 0 Å². The highest BCUT2D eigenvalue weighted by molar-refractivity contribution is 5.81. The van der Waals surface area contributed by atoms with E-state index in [1.165, 1.54) is 0 Å². The molecule has 1 saturated carbocycles. The van der Waals surface area contributed by atoms with E-state index in [0.717, 1.165) is 45.3 Å². The number of carboxylic acid groups (broad SMARTS) is 1. The Kier molecular flexibility index (Phi) is 5.25. The van der Waals surface area contributed by atoms with Crippen LogP contribution in [0.2, 0.25) is 0 Å². The first-order valence-electron chi connectivity index (χ1n) is 8.06. The number of hydrogen-bond donors (Lipinski definition) is 2. The lowest BCUT2D eigenvalue weighted by Gasteiger charge is -2.41. The van der Waals surface area contributed by atoms with Gasteiger partial charge >= 0.3 is 5.97 Å². The van der Waals surface area contributed by atoms with Gasteiger partial charge in [-0.15, -0.1) is 0 Å². The average Bonchev–Trinajstić information content (AvgIpc) is 2.47. The molecular formula is C16H27NO4. The largest absolute Gasteiger partial charge is 0.481 e. The molecule has 0 aromatic rings. The number of hydrogen-bond acceptors (Lipinski definition) is 3. The normalized spacial score (nSPS) is 32.4. The third kappa shape index (κ3) is 3.76. The van der Waals surface area contributed by atoms with Gasteiger partial charge in [-0.2, -0.15) is 0 Å². The fraction of sp³-hybridized carbons (Fsp3) is 0.875. The highest BCUT2D eigenvalue weighted by Crippen LogP contribution is 2.34. The van der Waals surface area contributed by atoms with Crippen LogP contribution >= 0.6 is 0 Å². The Morgan fingerprint density at radius 3 is 2.52 bits per heavy atom. The van der Waals surface area contributed by atoms with Crippen LogP contribution in [0.25, 0.3) is 0 Å². The lowest BCUT2D eigenvalue weighted by Crippen LogP contribution is -2.57. The van der Waals surface area contributed by atoms with E-state index in [1.54, 1.807) is 0 Å². The Bertz CT molecular complexity index is 392. The monoisotopic (exact) mass is 297 g/mol. The summed E-state index contributed by atoms with van der Waals surface area (Å²) in [6.07, 6.45) is 5.12. The van der Waals surface area contributed by atoms with Crippen LogP contribution in [0.15, 0.2) is 0 Å². The van der Waals surface area contributed by atoms with Gasteiger partial charge in [0.2, 0.25) is 5.91 Å². The Morgan fingerprint density at radius 2 is 1.90 bits per heavy atom. The summed E-state index contributed by atoms with van der Waals surface area (Å²) in [5, 5.41) is 12.5. The molecule has 1 saturated heterocycles.